The molecule has 1 heterocycles. The summed E-state index contributed by atoms with van der Waals surface area (Å²) in [7, 11) is 0. The van der Waals surface area contributed by atoms with Crippen molar-refractivity contribution in [3.05, 3.63) is 91.3 Å². The summed E-state index contributed by atoms with van der Waals surface area (Å²) in [4.78, 5) is 21.7. The molecule has 2 amide bonds. The number of urea groups is 1. The number of rotatable bonds is 7. The SMILES string of the molecule is CSc1ccc(Nc2cc(Oc3ccc(NC(=O)Nc4ccccc4)cc3)ncn2)cc1. The van der Waals surface area contributed by atoms with Crippen LogP contribution < -0.4 is 20.7 Å². The van der Waals surface area contributed by atoms with E-state index in [2.05, 4.69) is 25.9 Å². The zero-order valence-electron chi connectivity index (χ0n) is 17.3. The summed E-state index contributed by atoms with van der Waals surface area (Å²) < 4.78 is 5.83. The van der Waals surface area contributed by atoms with Crippen molar-refractivity contribution in [2.45, 2.75) is 4.90 Å². The predicted octanol–water partition coefficient (Wildman–Crippen LogP) is 6.38. The van der Waals surface area contributed by atoms with Gasteiger partial charge in [-0.2, -0.15) is 0 Å². The number of hydrogen-bond donors (Lipinski definition) is 3. The lowest BCUT2D eigenvalue weighted by Gasteiger charge is -2.10. The number of para-hydroxylation sites is 1. The highest BCUT2D eigenvalue weighted by Gasteiger charge is 2.05. The average Bonchev–Trinajstić information content (AvgIpc) is 2.82. The first kappa shape index (κ1) is 21.2. The summed E-state index contributed by atoms with van der Waals surface area (Å²) in [6, 6.07) is 25.8. The number of amides is 2. The van der Waals surface area contributed by atoms with E-state index in [4.69, 9.17) is 4.74 Å². The zero-order valence-corrected chi connectivity index (χ0v) is 18.1. The van der Waals surface area contributed by atoms with Crippen molar-refractivity contribution in [2.24, 2.45) is 0 Å². The van der Waals surface area contributed by atoms with Crippen LogP contribution in [0, 0.1) is 0 Å². The molecule has 4 rings (SSSR count). The molecule has 0 aliphatic rings. The largest absolute Gasteiger partial charge is 0.439 e. The maximum absolute atomic E-state index is 12.1. The van der Waals surface area contributed by atoms with Crippen molar-refractivity contribution in [3.8, 4) is 11.6 Å². The van der Waals surface area contributed by atoms with Gasteiger partial charge in [-0.25, -0.2) is 14.8 Å². The molecule has 0 aliphatic carbocycles. The van der Waals surface area contributed by atoms with Gasteiger partial charge in [0.1, 0.15) is 17.9 Å². The molecule has 0 spiro atoms. The molecule has 7 nitrogen and oxygen atoms in total. The van der Waals surface area contributed by atoms with Gasteiger partial charge in [-0.15, -0.1) is 11.8 Å². The van der Waals surface area contributed by atoms with Crippen LogP contribution in [0.2, 0.25) is 0 Å². The first-order chi connectivity index (χ1) is 15.7. The van der Waals surface area contributed by atoms with Gasteiger partial charge in [-0.1, -0.05) is 18.2 Å². The highest BCUT2D eigenvalue weighted by atomic mass is 32.2. The van der Waals surface area contributed by atoms with Gasteiger partial charge in [0.25, 0.3) is 0 Å². The third-order valence-electron chi connectivity index (χ3n) is 4.37. The second-order valence-corrected chi connectivity index (χ2v) is 7.55. The summed E-state index contributed by atoms with van der Waals surface area (Å²) in [5.74, 6) is 1.63. The van der Waals surface area contributed by atoms with Crippen LogP contribution in [0.5, 0.6) is 11.6 Å². The van der Waals surface area contributed by atoms with Gasteiger partial charge in [-0.3, -0.25) is 0 Å². The van der Waals surface area contributed by atoms with Crippen LogP contribution in [0.3, 0.4) is 0 Å². The lowest BCUT2D eigenvalue weighted by molar-refractivity contribution is 0.262. The van der Waals surface area contributed by atoms with Crippen molar-refractivity contribution in [2.75, 3.05) is 22.2 Å². The van der Waals surface area contributed by atoms with Gasteiger partial charge >= 0.3 is 6.03 Å². The molecule has 0 unspecified atom stereocenters. The molecule has 0 saturated heterocycles. The van der Waals surface area contributed by atoms with Crippen molar-refractivity contribution < 1.29 is 9.53 Å². The second kappa shape index (κ2) is 10.3. The predicted molar refractivity (Wildman–Crippen MR) is 129 cm³/mol. The van der Waals surface area contributed by atoms with Gasteiger partial charge in [-0.05, 0) is 66.9 Å². The third-order valence-corrected chi connectivity index (χ3v) is 5.11. The summed E-state index contributed by atoms with van der Waals surface area (Å²) in [6.07, 6.45) is 3.48. The Morgan fingerprint density at radius 3 is 2.16 bits per heavy atom. The number of hydrogen-bond acceptors (Lipinski definition) is 6. The molecule has 0 aliphatic heterocycles. The number of carbonyl (C=O) groups is 1. The Hall–Kier alpha value is -4.04. The summed E-state index contributed by atoms with van der Waals surface area (Å²) in [6.45, 7) is 0. The van der Waals surface area contributed by atoms with Crippen LogP contribution in [0.4, 0.5) is 27.7 Å². The molecule has 0 bridgehead atoms. The molecule has 8 heteroatoms. The van der Waals surface area contributed by atoms with Gasteiger partial charge in [0, 0.05) is 28.0 Å². The van der Waals surface area contributed by atoms with E-state index >= 15 is 0 Å². The number of thioether (sulfide) groups is 1. The second-order valence-electron chi connectivity index (χ2n) is 6.67. The molecule has 32 heavy (non-hydrogen) atoms. The minimum Gasteiger partial charge on any atom is -0.439 e. The summed E-state index contributed by atoms with van der Waals surface area (Å²) >= 11 is 1.69. The van der Waals surface area contributed by atoms with Crippen molar-refractivity contribution in [3.63, 3.8) is 0 Å². The van der Waals surface area contributed by atoms with E-state index in [1.54, 1.807) is 42.1 Å². The fourth-order valence-corrected chi connectivity index (χ4v) is 3.24. The monoisotopic (exact) mass is 443 g/mol. The Balaban J connectivity index is 1.34. The first-order valence-corrected chi connectivity index (χ1v) is 11.0. The number of nitrogens with one attached hydrogen (secondary N) is 3. The van der Waals surface area contributed by atoms with Gasteiger partial charge in [0.15, 0.2) is 0 Å². The quantitative estimate of drug-likeness (QED) is 0.287. The maximum Gasteiger partial charge on any atom is 0.323 e. The van der Waals surface area contributed by atoms with Crippen LogP contribution in [-0.4, -0.2) is 22.3 Å². The van der Waals surface area contributed by atoms with Gasteiger partial charge < -0.3 is 20.7 Å². The van der Waals surface area contributed by atoms with E-state index in [9.17, 15) is 4.79 Å². The highest BCUT2D eigenvalue weighted by Crippen LogP contribution is 2.25. The number of ether oxygens (including phenoxy) is 1. The molecule has 3 N–H and O–H groups in total. The van der Waals surface area contributed by atoms with Crippen LogP contribution in [0.15, 0.2) is 96.2 Å². The Morgan fingerprint density at radius 2 is 1.47 bits per heavy atom. The minimum atomic E-state index is -0.318. The Bertz CT molecular complexity index is 1170. The van der Waals surface area contributed by atoms with E-state index in [-0.39, 0.29) is 6.03 Å². The standard InChI is InChI=1S/C24H21N5O2S/c1-32-21-13-9-18(10-14-21)27-22-15-23(26-16-25-22)31-20-11-7-19(8-12-20)29-24(30)28-17-5-3-2-4-6-17/h2-16H,1H3,(H,25,26,27)(H2,28,29,30). The molecule has 3 aromatic carbocycles. The lowest BCUT2D eigenvalue weighted by atomic mass is 10.3. The number of carbonyl (C=O) groups excluding carboxylic acids is 1. The topological polar surface area (TPSA) is 88.2 Å². The first-order valence-electron chi connectivity index (χ1n) is 9.82. The van der Waals surface area contributed by atoms with Crippen LogP contribution in [0.25, 0.3) is 0 Å². The molecule has 0 fully saturated rings. The van der Waals surface area contributed by atoms with E-state index < -0.39 is 0 Å². The summed E-state index contributed by atoms with van der Waals surface area (Å²) in [5, 5.41) is 8.79. The molecule has 4 aromatic rings. The Kier molecular flexibility index (Phi) is 6.84. The van der Waals surface area contributed by atoms with Gasteiger partial charge in [0.05, 0.1) is 0 Å². The van der Waals surface area contributed by atoms with E-state index in [1.807, 2.05) is 60.9 Å². The minimum absolute atomic E-state index is 0.318. The molecular formula is C24H21N5O2S. The molecule has 1 aromatic heterocycles. The lowest BCUT2D eigenvalue weighted by Crippen LogP contribution is -2.19. The van der Waals surface area contributed by atoms with Crippen LogP contribution in [0.1, 0.15) is 0 Å². The Labute approximate surface area is 190 Å². The molecule has 0 saturated carbocycles. The number of benzene rings is 3. The molecule has 160 valence electrons. The number of nitrogens with zero attached hydrogens (tertiary/aromatic N) is 2. The highest BCUT2D eigenvalue weighted by molar-refractivity contribution is 7.98. The third kappa shape index (κ3) is 5.99. The van der Waals surface area contributed by atoms with E-state index in [0.29, 0.717) is 23.1 Å². The molecule has 0 radical (unpaired) electrons. The van der Waals surface area contributed by atoms with E-state index in [1.165, 1.54) is 11.2 Å². The zero-order chi connectivity index (χ0) is 22.2. The van der Waals surface area contributed by atoms with Crippen LogP contribution in [-0.2, 0) is 0 Å². The van der Waals surface area contributed by atoms with Gasteiger partial charge in [0.2, 0.25) is 5.88 Å². The molecule has 0 atom stereocenters. The van der Waals surface area contributed by atoms with Crippen molar-refractivity contribution in [1.82, 2.24) is 9.97 Å². The fourth-order valence-electron chi connectivity index (χ4n) is 2.83. The maximum atomic E-state index is 12.1. The Morgan fingerprint density at radius 1 is 0.812 bits per heavy atom. The van der Waals surface area contributed by atoms with Crippen LogP contribution >= 0.6 is 11.8 Å². The number of anilines is 4. The fraction of sp³-hybridized carbons (Fsp3) is 0.0417. The van der Waals surface area contributed by atoms with Crippen molar-refractivity contribution >= 4 is 40.7 Å². The smallest absolute Gasteiger partial charge is 0.323 e. The normalized spacial score (nSPS) is 10.3. The number of aromatic nitrogens is 2. The van der Waals surface area contributed by atoms with E-state index in [0.717, 1.165) is 11.4 Å². The summed E-state index contributed by atoms with van der Waals surface area (Å²) in [5.41, 5.74) is 2.29. The molecular weight excluding hydrogens is 422 g/mol. The van der Waals surface area contributed by atoms with Crippen molar-refractivity contribution in [1.29, 1.82) is 0 Å². The average molecular weight is 444 g/mol.